The fourth-order valence-electron chi connectivity index (χ4n) is 1.92. The lowest BCUT2D eigenvalue weighted by Gasteiger charge is -2.12. The SMILES string of the molecule is CCOCc1nc(N)cc(NCC2CCC(=O)N2)n1. The molecule has 104 valence electrons. The van der Waals surface area contributed by atoms with E-state index in [1.165, 1.54) is 0 Å². The predicted octanol–water partition coefficient (Wildman–Crippen LogP) is 0.286. The van der Waals surface area contributed by atoms with E-state index >= 15 is 0 Å². The summed E-state index contributed by atoms with van der Waals surface area (Å²) in [5.74, 6) is 1.72. The van der Waals surface area contributed by atoms with Crippen LogP contribution in [0.2, 0.25) is 0 Å². The molecule has 1 aliphatic rings. The predicted molar refractivity (Wildman–Crippen MR) is 71.4 cm³/mol. The van der Waals surface area contributed by atoms with Gasteiger partial charge in [-0.1, -0.05) is 0 Å². The lowest BCUT2D eigenvalue weighted by molar-refractivity contribution is -0.119. The highest BCUT2D eigenvalue weighted by molar-refractivity contribution is 5.78. The minimum Gasteiger partial charge on any atom is -0.384 e. The number of nitrogens with two attached hydrogens (primary N) is 1. The summed E-state index contributed by atoms with van der Waals surface area (Å²) in [5.41, 5.74) is 5.72. The molecule has 1 aliphatic heterocycles. The van der Waals surface area contributed by atoms with Crippen LogP contribution in [0.3, 0.4) is 0 Å². The molecule has 1 saturated heterocycles. The number of nitrogen functional groups attached to an aromatic ring is 1. The Morgan fingerprint density at radius 1 is 1.58 bits per heavy atom. The molecule has 2 rings (SSSR count). The van der Waals surface area contributed by atoms with Crippen LogP contribution in [0.15, 0.2) is 6.07 Å². The standard InChI is InChI=1S/C12H19N5O2/c1-2-19-7-11-16-9(13)5-10(17-11)14-6-8-3-4-12(18)15-8/h5,8H,2-4,6-7H2,1H3,(H,15,18)(H3,13,14,16,17). The molecule has 4 N–H and O–H groups in total. The summed E-state index contributed by atoms with van der Waals surface area (Å²) >= 11 is 0. The first-order valence-electron chi connectivity index (χ1n) is 6.41. The van der Waals surface area contributed by atoms with E-state index in [4.69, 9.17) is 10.5 Å². The van der Waals surface area contributed by atoms with Gasteiger partial charge in [0, 0.05) is 31.7 Å². The van der Waals surface area contributed by atoms with E-state index in [0.29, 0.717) is 43.6 Å². The van der Waals surface area contributed by atoms with E-state index in [1.54, 1.807) is 6.07 Å². The zero-order chi connectivity index (χ0) is 13.7. The molecule has 7 heteroatoms. The first kappa shape index (κ1) is 13.5. The number of rotatable bonds is 6. The van der Waals surface area contributed by atoms with Crippen molar-refractivity contribution in [2.75, 3.05) is 24.2 Å². The average Bonchev–Trinajstić information content (AvgIpc) is 2.79. The monoisotopic (exact) mass is 265 g/mol. The molecule has 1 amide bonds. The molecule has 0 spiro atoms. The van der Waals surface area contributed by atoms with Gasteiger partial charge in [-0.15, -0.1) is 0 Å². The Hall–Kier alpha value is -1.89. The molecular weight excluding hydrogens is 246 g/mol. The van der Waals surface area contributed by atoms with Crippen molar-refractivity contribution in [3.63, 3.8) is 0 Å². The summed E-state index contributed by atoms with van der Waals surface area (Å²) in [4.78, 5) is 19.5. The third-order valence-electron chi connectivity index (χ3n) is 2.84. The van der Waals surface area contributed by atoms with Gasteiger partial charge in [0.25, 0.3) is 0 Å². The van der Waals surface area contributed by atoms with E-state index in [9.17, 15) is 4.79 Å². The third kappa shape index (κ3) is 4.06. The summed E-state index contributed by atoms with van der Waals surface area (Å²) in [6.07, 6.45) is 1.44. The Balaban J connectivity index is 1.91. The molecule has 0 bridgehead atoms. The molecule has 0 aromatic carbocycles. The molecule has 1 aromatic rings. The van der Waals surface area contributed by atoms with Crippen LogP contribution < -0.4 is 16.4 Å². The minimum atomic E-state index is 0.103. The molecule has 19 heavy (non-hydrogen) atoms. The molecule has 7 nitrogen and oxygen atoms in total. The van der Waals surface area contributed by atoms with E-state index in [0.717, 1.165) is 6.42 Å². The van der Waals surface area contributed by atoms with Crippen LogP contribution in [-0.2, 0) is 16.1 Å². The normalized spacial score (nSPS) is 18.4. The minimum absolute atomic E-state index is 0.103. The van der Waals surface area contributed by atoms with Gasteiger partial charge in [-0.25, -0.2) is 9.97 Å². The molecule has 1 unspecified atom stereocenters. The Morgan fingerprint density at radius 2 is 2.42 bits per heavy atom. The number of hydrogen-bond donors (Lipinski definition) is 3. The van der Waals surface area contributed by atoms with Crippen LogP contribution in [0.5, 0.6) is 0 Å². The van der Waals surface area contributed by atoms with Crippen molar-refractivity contribution in [1.82, 2.24) is 15.3 Å². The quantitative estimate of drug-likeness (QED) is 0.683. The average molecular weight is 265 g/mol. The van der Waals surface area contributed by atoms with Crippen LogP contribution in [0.25, 0.3) is 0 Å². The highest BCUT2D eigenvalue weighted by atomic mass is 16.5. The number of hydrogen-bond acceptors (Lipinski definition) is 6. The van der Waals surface area contributed by atoms with Crippen molar-refractivity contribution in [2.45, 2.75) is 32.4 Å². The van der Waals surface area contributed by atoms with Crippen molar-refractivity contribution in [1.29, 1.82) is 0 Å². The topological polar surface area (TPSA) is 102 Å². The first-order chi connectivity index (χ1) is 9.17. The number of aromatic nitrogens is 2. The highest BCUT2D eigenvalue weighted by Crippen LogP contribution is 2.11. The van der Waals surface area contributed by atoms with Crippen LogP contribution in [0, 0.1) is 0 Å². The number of anilines is 2. The van der Waals surface area contributed by atoms with Crippen LogP contribution in [0.1, 0.15) is 25.6 Å². The fraction of sp³-hybridized carbons (Fsp3) is 0.583. The van der Waals surface area contributed by atoms with Gasteiger partial charge in [-0.05, 0) is 13.3 Å². The molecule has 1 fully saturated rings. The second kappa shape index (κ2) is 6.33. The number of ether oxygens (including phenoxy) is 1. The molecular formula is C12H19N5O2. The maximum Gasteiger partial charge on any atom is 0.220 e. The van der Waals surface area contributed by atoms with Crippen molar-refractivity contribution >= 4 is 17.5 Å². The number of carbonyl (C=O) groups excluding carboxylic acids is 1. The van der Waals surface area contributed by atoms with Gasteiger partial charge in [0.1, 0.15) is 18.2 Å². The summed E-state index contributed by atoms with van der Waals surface area (Å²) < 4.78 is 5.26. The van der Waals surface area contributed by atoms with Crippen molar-refractivity contribution in [2.24, 2.45) is 0 Å². The van der Waals surface area contributed by atoms with E-state index in [2.05, 4.69) is 20.6 Å². The van der Waals surface area contributed by atoms with Gasteiger partial charge in [-0.3, -0.25) is 4.79 Å². The zero-order valence-electron chi connectivity index (χ0n) is 11.0. The van der Waals surface area contributed by atoms with E-state index in [-0.39, 0.29) is 11.9 Å². The van der Waals surface area contributed by atoms with Crippen LogP contribution in [0.4, 0.5) is 11.6 Å². The number of carbonyl (C=O) groups is 1. The first-order valence-corrected chi connectivity index (χ1v) is 6.41. The zero-order valence-corrected chi connectivity index (χ0v) is 11.0. The number of amides is 1. The molecule has 0 radical (unpaired) electrons. The van der Waals surface area contributed by atoms with Gasteiger partial charge in [0.2, 0.25) is 5.91 Å². The second-order valence-corrected chi connectivity index (χ2v) is 4.42. The summed E-state index contributed by atoms with van der Waals surface area (Å²) in [7, 11) is 0. The van der Waals surface area contributed by atoms with Crippen LogP contribution >= 0.6 is 0 Å². The van der Waals surface area contributed by atoms with E-state index in [1.807, 2.05) is 6.92 Å². The largest absolute Gasteiger partial charge is 0.384 e. The van der Waals surface area contributed by atoms with Gasteiger partial charge >= 0.3 is 0 Å². The maximum absolute atomic E-state index is 11.1. The van der Waals surface area contributed by atoms with Gasteiger partial charge in [0.15, 0.2) is 5.82 Å². The highest BCUT2D eigenvalue weighted by Gasteiger charge is 2.20. The van der Waals surface area contributed by atoms with Crippen LogP contribution in [-0.4, -0.2) is 35.1 Å². The molecule has 1 atom stereocenters. The Kier molecular flexibility index (Phi) is 4.51. The Labute approximate surface area is 111 Å². The molecule has 0 saturated carbocycles. The fourth-order valence-corrected chi connectivity index (χ4v) is 1.92. The lowest BCUT2D eigenvalue weighted by Crippen LogP contribution is -2.32. The van der Waals surface area contributed by atoms with Gasteiger partial charge in [0.05, 0.1) is 0 Å². The molecule has 1 aromatic heterocycles. The third-order valence-corrected chi connectivity index (χ3v) is 2.84. The smallest absolute Gasteiger partial charge is 0.220 e. The maximum atomic E-state index is 11.1. The van der Waals surface area contributed by atoms with Crippen molar-refractivity contribution in [3.05, 3.63) is 11.9 Å². The summed E-state index contributed by atoms with van der Waals surface area (Å²) in [6.45, 7) is 3.50. The van der Waals surface area contributed by atoms with Gasteiger partial charge in [-0.2, -0.15) is 0 Å². The van der Waals surface area contributed by atoms with Crippen molar-refractivity contribution in [3.8, 4) is 0 Å². The Bertz CT molecular complexity index is 452. The lowest BCUT2D eigenvalue weighted by atomic mass is 10.2. The summed E-state index contributed by atoms with van der Waals surface area (Å²) in [6, 6.07) is 1.82. The number of nitrogens with zero attached hydrogens (tertiary/aromatic N) is 2. The van der Waals surface area contributed by atoms with E-state index < -0.39 is 0 Å². The Morgan fingerprint density at radius 3 is 3.11 bits per heavy atom. The number of nitrogens with one attached hydrogen (secondary N) is 2. The molecule has 0 aliphatic carbocycles. The van der Waals surface area contributed by atoms with Gasteiger partial charge < -0.3 is 21.1 Å². The summed E-state index contributed by atoms with van der Waals surface area (Å²) in [5, 5.41) is 6.05. The van der Waals surface area contributed by atoms with Crippen molar-refractivity contribution < 1.29 is 9.53 Å². The molecule has 2 heterocycles. The second-order valence-electron chi connectivity index (χ2n) is 4.42.